The Labute approximate surface area is 62.4 Å². The van der Waals surface area contributed by atoms with Crippen LogP contribution >= 0.6 is 0 Å². The van der Waals surface area contributed by atoms with Gasteiger partial charge in [0.2, 0.25) is 0 Å². The molecule has 0 saturated heterocycles. The molecule has 0 amide bonds. The number of allylic oxidation sites excluding steroid dienone is 2. The Kier molecular flexibility index (Phi) is 3.02. The van der Waals surface area contributed by atoms with Gasteiger partial charge >= 0.3 is 0 Å². The molecular formula is C9H13N. The average molecular weight is 135 g/mol. The molecule has 1 rings (SSSR count). The molecule has 0 atom stereocenters. The van der Waals surface area contributed by atoms with E-state index in [1.165, 1.54) is 37.7 Å². The van der Waals surface area contributed by atoms with Gasteiger partial charge in [0.25, 0.3) is 0 Å². The van der Waals surface area contributed by atoms with E-state index < -0.39 is 0 Å². The monoisotopic (exact) mass is 135 g/mol. The van der Waals surface area contributed by atoms with E-state index in [1.807, 2.05) is 0 Å². The van der Waals surface area contributed by atoms with E-state index in [2.05, 4.69) is 12.1 Å². The maximum Gasteiger partial charge on any atom is 0.0663 e. The first-order valence-electron chi connectivity index (χ1n) is 3.98. The molecule has 0 aromatic carbocycles. The van der Waals surface area contributed by atoms with Crippen LogP contribution < -0.4 is 0 Å². The molecule has 1 saturated carbocycles. The number of nitrogens with zero attached hydrogens (tertiary/aromatic N) is 1. The second-order valence-corrected chi connectivity index (χ2v) is 2.79. The van der Waals surface area contributed by atoms with Gasteiger partial charge in [0.1, 0.15) is 0 Å². The molecule has 0 aromatic heterocycles. The van der Waals surface area contributed by atoms with Gasteiger partial charge in [0.05, 0.1) is 12.5 Å². The fourth-order valence-electron chi connectivity index (χ4n) is 1.40. The van der Waals surface area contributed by atoms with Crippen LogP contribution in [0.3, 0.4) is 0 Å². The van der Waals surface area contributed by atoms with Crippen molar-refractivity contribution < 1.29 is 0 Å². The van der Waals surface area contributed by atoms with Crippen LogP contribution in [0.2, 0.25) is 0 Å². The van der Waals surface area contributed by atoms with Crippen LogP contribution in [0.15, 0.2) is 11.6 Å². The third-order valence-corrected chi connectivity index (χ3v) is 1.98. The molecule has 0 unspecified atom stereocenters. The Morgan fingerprint density at radius 3 is 2.60 bits per heavy atom. The topological polar surface area (TPSA) is 23.8 Å². The van der Waals surface area contributed by atoms with Crippen molar-refractivity contribution in [1.29, 1.82) is 5.26 Å². The molecule has 1 nitrogen and oxygen atoms in total. The zero-order valence-corrected chi connectivity index (χ0v) is 6.27. The first-order valence-corrected chi connectivity index (χ1v) is 3.98. The number of hydrogen-bond donors (Lipinski definition) is 0. The highest BCUT2D eigenvalue weighted by molar-refractivity contribution is 5.06. The van der Waals surface area contributed by atoms with Gasteiger partial charge in [-0.25, -0.2) is 0 Å². The summed E-state index contributed by atoms with van der Waals surface area (Å²) in [6.45, 7) is 0. The standard InChI is InChI=1S/C9H13N/c10-8-4-7-9-5-2-1-3-6-9/h7H,1-6H2. The molecule has 0 spiro atoms. The van der Waals surface area contributed by atoms with E-state index in [9.17, 15) is 0 Å². The second-order valence-electron chi connectivity index (χ2n) is 2.79. The molecule has 1 aliphatic carbocycles. The van der Waals surface area contributed by atoms with Gasteiger partial charge in [0.15, 0.2) is 0 Å². The van der Waals surface area contributed by atoms with Crippen LogP contribution in [0.25, 0.3) is 0 Å². The molecular weight excluding hydrogens is 122 g/mol. The largest absolute Gasteiger partial charge is 0.198 e. The van der Waals surface area contributed by atoms with Crippen LogP contribution in [0, 0.1) is 11.3 Å². The van der Waals surface area contributed by atoms with Crippen LogP contribution in [-0.4, -0.2) is 0 Å². The summed E-state index contributed by atoms with van der Waals surface area (Å²) in [7, 11) is 0. The quantitative estimate of drug-likeness (QED) is 0.507. The first-order chi connectivity index (χ1) is 4.93. The van der Waals surface area contributed by atoms with E-state index in [-0.39, 0.29) is 0 Å². The van der Waals surface area contributed by atoms with Crippen molar-refractivity contribution in [2.75, 3.05) is 0 Å². The summed E-state index contributed by atoms with van der Waals surface area (Å²) >= 11 is 0. The summed E-state index contributed by atoms with van der Waals surface area (Å²) in [5.41, 5.74) is 1.51. The summed E-state index contributed by atoms with van der Waals surface area (Å²) in [4.78, 5) is 0. The highest BCUT2D eigenvalue weighted by atomic mass is 14.2. The van der Waals surface area contributed by atoms with Crippen molar-refractivity contribution in [3.05, 3.63) is 11.6 Å². The van der Waals surface area contributed by atoms with Crippen LogP contribution in [0.4, 0.5) is 0 Å². The van der Waals surface area contributed by atoms with Gasteiger partial charge in [-0.1, -0.05) is 18.1 Å². The minimum absolute atomic E-state index is 0.606. The van der Waals surface area contributed by atoms with E-state index in [1.54, 1.807) is 0 Å². The molecule has 0 aromatic rings. The van der Waals surface area contributed by atoms with E-state index >= 15 is 0 Å². The van der Waals surface area contributed by atoms with Gasteiger partial charge in [-0.15, -0.1) is 0 Å². The van der Waals surface area contributed by atoms with Crippen molar-refractivity contribution in [3.63, 3.8) is 0 Å². The second kappa shape index (κ2) is 4.11. The Morgan fingerprint density at radius 1 is 1.30 bits per heavy atom. The van der Waals surface area contributed by atoms with Gasteiger partial charge in [-0.2, -0.15) is 5.26 Å². The SMILES string of the molecule is N#CCC=C1CCCCC1. The van der Waals surface area contributed by atoms with Crippen LogP contribution in [-0.2, 0) is 0 Å². The first kappa shape index (κ1) is 7.34. The third-order valence-electron chi connectivity index (χ3n) is 1.98. The van der Waals surface area contributed by atoms with Gasteiger partial charge in [-0.3, -0.25) is 0 Å². The maximum atomic E-state index is 8.30. The molecule has 1 fully saturated rings. The molecule has 0 bridgehead atoms. The lowest BCUT2D eigenvalue weighted by molar-refractivity contribution is 0.597. The Balaban J connectivity index is 2.32. The highest BCUT2D eigenvalue weighted by Gasteiger charge is 2.03. The van der Waals surface area contributed by atoms with Crippen molar-refractivity contribution in [2.45, 2.75) is 38.5 Å². The van der Waals surface area contributed by atoms with Crippen molar-refractivity contribution in [3.8, 4) is 6.07 Å². The normalized spacial score (nSPS) is 18.1. The zero-order valence-electron chi connectivity index (χ0n) is 6.27. The Morgan fingerprint density at radius 2 is 2.00 bits per heavy atom. The Bertz CT molecular complexity index is 154. The van der Waals surface area contributed by atoms with Crippen LogP contribution in [0.5, 0.6) is 0 Å². The summed E-state index contributed by atoms with van der Waals surface area (Å²) in [6, 6.07) is 2.14. The molecule has 0 heterocycles. The van der Waals surface area contributed by atoms with Crippen molar-refractivity contribution in [2.24, 2.45) is 0 Å². The third kappa shape index (κ3) is 2.23. The number of rotatable bonds is 1. The summed E-state index contributed by atoms with van der Waals surface area (Å²) < 4.78 is 0. The van der Waals surface area contributed by atoms with E-state index in [4.69, 9.17) is 5.26 Å². The van der Waals surface area contributed by atoms with Gasteiger partial charge < -0.3 is 0 Å². The highest BCUT2D eigenvalue weighted by Crippen LogP contribution is 2.22. The van der Waals surface area contributed by atoms with Crippen molar-refractivity contribution >= 4 is 0 Å². The molecule has 0 N–H and O–H groups in total. The predicted molar refractivity (Wildman–Crippen MR) is 41.4 cm³/mol. The molecule has 10 heavy (non-hydrogen) atoms. The fraction of sp³-hybridized carbons (Fsp3) is 0.667. The lowest BCUT2D eigenvalue weighted by Crippen LogP contribution is -1.92. The summed E-state index contributed by atoms with van der Waals surface area (Å²) in [6.07, 6.45) is 9.22. The van der Waals surface area contributed by atoms with Gasteiger partial charge in [-0.05, 0) is 25.7 Å². The fourth-order valence-corrected chi connectivity index (χ4v) is 1.40. The van der Waals surface area contributed by atoms with E-state index in [0.717, 1.165) is 0 Å². The minimum Gasteiger partial charge on any atom is -0.198 e. The average Bonchev–Trinajstić information content (AvgIpc) is 2.03. The number of hydrogen-bond acceptors (Lipinski definition) is 1. The molecule has 1 aliphatic rings. The summed E-state index contributed by atoms with van der Waals surface area (Å²) in [5, 5.41) is 8.30. The maximum absolute atomic E-state index is 8.30. The molecule has 0 radical (unpaired) electrons. The molecule has 0 aliphatic heterocycles. The lowest BCUT2D eigenvalue weighted by atomic mass is 9.94. The summed E-state index contributed by atoms with van der Waals surface area (Å²) in [5.74, 6) is 0. The number of nitriles is 1. The zero-order chi connectivity index (χ0) is 7.23. The molecule has 1 heteroatoms. The Hall–Kier alpha value is -0.770. The predicted octanol–water partition coefficient (Wildman–Crippen LogP) is 2.79. The molecule has 54 valence electrons. The minimum atomic E-state index is 0.606. The van der Waals surface area contributed by atoms with Gasteiger partial charge in [0, 0.05) is 0 Å². The smallest absolute Gasteiger partial charge is 0.0663 e. The lowest BCUT2D eigenvalue weighted by Gasteiger charge is -2.12. The van der Waals surface area contributed by atoms with Crippen molar-refractivity contribution in [1.82, 2.24) is 0 Å². The van der Waals surface area contributed by atoms with E-state index in [0.29, 0.717) is 6.42 Å². The van der Waals surface area contributed by atoms with Crippen LogP contribution in [0.1, 0.15) is 38.5 Å².